The van der Waals surface area contributed by atoms with Crippen LogP contribution < -0.4 is 11.1 Å². The Kier molecular flexibility index (Phi) is 3.38. The molecule has 92 valence electrons. The van der Waals surface area contributed by atoms with Gasteiger partial charge in [0, 0.05) is 22.2 Å². The highest BCUT2D eigenvalue weighted by Crippen LogP contribution is 2.17. The van der Waals surface area contributed by atoms with Crippen molar-refractivity contribution in [3.05, 3.63) is 46.5 Å². The summed E-state index contributed by atoms with van der Waals surface area (Å²) in [6.07, 6.45) is 1.69. The van der Waals surface area contributed by atoms with Crippen molar-refractivity contribution in [2.45, 2.75) is 6.92 Å². The molecule has 3 N–H and O–H groups in total. The molecule has 0 aliphatic heterocycles. The lowest BCUT2D eigenvalue weighted by molar-refractivity contribution is 0.0995. The van der Waals surface area contributed by atoms with Crippen molar-refractivity contribution < 1.29 is 9.59 Å². The lowest BCUT2D eigenvalue weighted by Crippen LogP contribution is -2.13. The minimum atomic E-state index is -0.516. The summed E-state index contributed by atoms with van der Waals surface area (Å²) in [5, 5.41) is 3.23. The second kappa shape index (κ2) is 4.97. The SMILES string of the molecule is Cc1cnc(NC(=O)c2ccc(C(N)=O)cc2)s1. The van der Waals surface area contributed by atoms with Crippen LogP contribution in [0.3, 0.4) is 0 Å². The largest absolute Gasteiger partial charge is 0.366 e. The van der Waals surface area contributed by atoms with Crippen molar-refractivity contribution in [2.75, 3.05) is 5.32 Å². The average Bonchev–Trinajstić information content (AvgIpc) is 2.75. The minimum absolute atomic E-state index is 0.264. The maximum Gasteiger partial charge on any atom is 0.257 e. The molecule has 0 spiro atoms. The summed E-state index contributed by atoms with van der Waals surface area (Å²) >= 11 is 1.40. The first-order valence-electron chi connectivity index (χ1n) is 5.20. The van der Waals surface area contributed by atoms with Crippen molar-refractivity contribution in [1.29, 1.82) is 0 Å². The molecule has 2 aromatic rings. The number of benzene rings is 1. The van der Waals surface area contributed by atoms with E-state index in [2.05, 4.69) is 10.3 Å². The number of hydrogen-bond acceptors (Lipinski definition) is 4. The molecule has 2 rings (SSSR count). The van der Waals surface area contributed by atoms with Crippen LogP contribution in [0.4, 0.5) is 5.13 Å². The fourth-order valence-corrected chi connectivity index (χ4v) is 2.03. The Balaban J connectivity index is 2.11. The van der Waals surface area contributed by atoms with Crippen molar-refractivity contribution in [2.24, 2.45) is 5.73 Å². The molecule has 1 heterocycles. The van der Waals surface area contributed by atoms with Crippen molar-refractivity contribution in [1.82, 2.24) is 4.98 Å². The Morgan fingerprint density at radius 1 is 1.22 bits per heavy atom. The Bertz CT molecular complexity index is 590. The third kappa shape index (κ3) is 2.72. The van der Waals surface area contributed by atoms with Gasteiger partial charge >= 0.3 is 0 Å². The van der Waals surface area contributed by atoms with E-state index in [1.54, 1.807) is 18.3 Å². The van der Waals surface area contributed by atoms with E-state index in [0.29, 0.717) is 16.3 Å². The minimum Gasteiger partial charge on any atom is -0.366 e. The summed E-state index contributed by atoms with van der Waals surface area (Å²) in [5.41, 5.74) is 5.94. The number of nitrogens with one attached hydrogen (secondary N) is 1. The number of nitrogens with two attached hydrogens (primary N) is 1. The van der Waals surface area contributed by atoms with Crippen LogP contribution in [0.25, 0.3) is 0 Å². The Morgan fingerprint density at radius 2 is 1.83 bits per heavy atom. The van der Waals surface area contributed by atoms with Crippen molar-refractivity contribution in [3.8, 4) is 0 Å². The van der Waals surface area contributed by atoms with Gasteiger partial charge in [0.05, 0.1) is 0 Å². The van der Waals surface area contributed by atoms with Crippen LogP contribution in [-0.2, 0) is 0 Å². The molecule has 0 atom stereocenters. The van der Waals surface area contributed by atoms with Gasteiger partial charge in [-0.1, -0.05) is 0 Å². The molecule has 6 heteroatoms. The second-order valence-corrected chi connectivity index (χ2v) is 4.91. The molecule has 0 fully saturated rings. The molecule has 0 saturated carbocycles. The van der Waals surface area contributed by atoms with Gasteiger partial charge in [0.25, 0.3) is 5.91 Å². The number of nitrogens with zero attached hydrogens (tertiary/aromatic N) is 1. The summed E-state index contributed by atoms with van der Waals surface area (Å²) < 4.78 is 0. The Labute approximate surface area is 108 Å². The van der Waals surface area contributed by atoms with E-state index in [0.717, 1.165) is 4.88 Å². The highest BCUT2D eigenvalue weighted by Gasteiger charge is 2.09. The van der Waals surface area contributed by atoms with Gasteiger partial charge in [-0.25, -0.2) is 4.98 Å². The summed E-state index contributed by atoms with van der Waals surface area (Å²) in [4.78, 5) is 27.8. The first-order valence-corrected chi connectivity index (χ1v) is 6.01. The van der Waals surface area contributed by atoms with E-state index < -0.39 is 5.91 Å². The van der Waals surface area contributed by atoms with Crippen LogP contribution in [0.2, 0.25) is 0 Å². The fourth-order valence-electron chi connectivity index (χ4n) is 1.37. The van der Waals surface area contributed by atoms with Crippen LogP contribution in [0.15, 0.2) is 30.5 Å². The summed E-state index contributed by atoms with van der Waals surface area (Å²) in [6, 6.07) is 6.14. The highest BCUT2D eigenvalue weighted by atomic mass is 32.1. The lowest BCUT2D eigenvalue weighted by Gasteiger charge is -2.02. The highest BCUT2D eigenvalue weighted by molar-refractivity contribution is 7.15. The maximum absolute atomic E-state index is 11.8. The van der Waals surface area contributed by atoms with E-state index in [1.165, 1.54) is 23.5 Å². The van der Waals surface area contributed by atoms with Gasteiger partial charge in [0.2, 0.25) is 5.91 Å². The molecule has 18 heavy (non-hydrogen) atoms. The van der Waals surface area contributed by atoms with Crippen molar-refractivity contribution in [3.63, 3.8) is 0 Å². The molecule has 0 aliphatic rings. The smallest absolute Gasteiger partial charge is 0.257 e. The quantitative estimate of drug-likeness (QED) is 0.883. The molecule has 0 radical (unpaired) electrons. The van der Waals surface area contributed by atoms with Crippen molar-refractivity contribution >= 4 is 28.3 Å². The van der Waals surface area contributed by atoms with Gasteiger partial charge in [-0.15, -0.1) is 11.3 Å². The predicted octanol–water partition coefficient (Wildman–Crippen LogP) is 1.80. The first-order chi connectivity index (χ1) is 8.56. The molecule has 1 aromatic carbocycles. The van der Waals surface area contributed by atoms with Gasteiger partial charge < -0.3 is 5.73 Å². The van der Waals surface area contributed by atoms with Crippen LogP contribution in [0.1, 0.15) is 25.6 Å². The molecule has 0 unspecified atom stereocenters. The number of anilines is 1. The third-order valence-electron chi connectivity index (χ3n) is 2.27. The van der Waals surface area contributed by atoms with E-state index in [9.17, 15) is 9.59 Å². The molecule has 0 bridgehead atoms. The summed E-state index contributed by atoms with van der Waals surface area (Å²) in [7, 11) is 0. The average molecular weight is 261 g/mol. The number of carbonyl (C=O) groups excluding carboxylic acids is 2. The predicted molar refractivity (Wildman–Crippen MR) is 69.8 cm³/mol. The van der Waals surface area contributed by atoms with E-state index in [-0.39, 0.29) is 5.91 Å². The monoisotopic (exact) mass is 261 g/mol. The number of aromatic nitrogens is 1. The van der Waals surface area contributed by atoms with Crippen LogP contribution >= 0.6 is 11.3 Å². The topological polar surface area (TPSA) is 85.1 Å². The molecule has 5 nitrogen and oxygen atoms in total. The standard InChI is InChI=1S/C12H11N3O2S/c1-7-6-14-12(18-7)15-11(17)9-4-2-8(3-5-9)10(13)16/h2-6H,1H3,(H2,13,16)(H,14,15,17). The van der Waals surface area contributed by atoms with Crippen LogP contribution in [0.5, 0.6) is 0 Å². The number of aryl methyl sites for hydroxylation is 1. The number of primary amides is 1. The number of carbonyl (C=O) groups is 2. The van der Waals surface area contributed by atoms with Gasteiger partial charge in [-0.2, -0.15) is 0 Å². The second-order valence-electron chi connectivity index (χ2n) is 3.67. The van der Waals surface area contributed by atoms with Crippen LogP contribution in [-0.4, -0.2) is 16.8 Å². The van der Waals surface area contributed by atoms with E-state index in [1.807, 2.05) is 6.92 Å². The van der Waals surface area contributed by atoms with Gasteiger partial charge in [-0.05, 0) is 31.2 Å². The number of rotatable bonds is 3. The zero-order valence-electron chi connectivity index (χ0n) is 9.64. The first kappa shape index (κ1) is 12.3. The molecule has 1 aromatic heterocycles. The summed E-state index contributed by atoms with van der Waals surface area (Å²) in [5.74, 6) is -0.780. The zero-order chi connectivity index (χ0) is 13.1. The summed E-state index contributed by atoms with van der Waals surface area (Å²) in [6.45, 7) is 1.91. The molecule has 0 saturated heterocycles. The lowest BCUT2D eigenvalue weighted by atomic mass is 10.1. The number of hydrogen-bond donors (Lipinski definition) is 2. The van der Waals surface area contributed by atoms with Crippen LogP contribution in [0, 0.1) is 6.92 Å². The number of amides is 2. The molecular formula is C12H11N3O2S. The Morgan fingerprint density at radius 3 is 2.33 bits per heavy atom. The van der Waals surface area contributed by atoms with Gasteiger partial charge in [0.15, 0.2) is 5.13 Å². The van der Waals surface area contributed by atoms with Gasteiger partial charge in [-0.3, -0.25) is 14.9 Å². The van der Waals surface area contributed by atoms with E-state index in [4.69, 9.17) is 5.73 Å². The fraction of sp³-hybridized carbons (Fsp3) is 0.0833. The molecule has 0 aliphatic carbocycles. The number of thiazole rings is 1. The molecule has 2 amide bonds. The molecular weight excluding hydrogens is 250 g/mol. The zero-order valence-corrected chi connectivity index (χ0v) is 10.5. The Hall–Kier alpha value is -2.21. The third-order valence-corrected chi connectivity index (χ3v) is 3.10. The van der Waals surface area contributed by atoms with Gasteiger partial charge in [0.1, 0.15) is 0 Å². The maximum atomic E-state index is 11.8. The normalized spacial score (nSPS) is 10.1. The van der Waals surface area contributed by atoms with E-state index >= 15 is 0 Å².